The molecule has 2 N–H and O–H groups in total. The molecule has 7 nitrogen and oxygen atoms in total. The molecule has 1 amide bonds. The average Bonchev–Trinajstić information content (AvgIpc) is 2.87. The normalized spacial score (nSPS) is 26.6. The van der Waals surface area contributed by atoms with Gasteiger partial charge in [-0.2, -0.15) is 0 Å². The number of carboxylic acid groups (broad SMARTS) is 1. The van der Waals surface area contributed by atoms with E-state index in [4.69, 9.17) is 14.6 Å². The average molecular weight is 244 g/mol. The van der Waals surface area contributed by atoms with E-state index in [1.807, 2.05) is 0 Å². The molecule has 1 unspecified atom stereocenters. The first-order valence-corrected chi connectivity index (χ1v) is 5.53. The Hall–Kier alpha value is -1.18. The van der Waals surface area contributed by atoms with Crippen LogP contribution in [-0.2, 0) is 19.1 Å². The molecule has 2 aliphatic rings. The number of ether oxygens (including phenoxy) is 2. The highest BCUT2D eigenvalue weighted by atomic mass is 16.7. The van der Waals surface area contributed by atoms with Crippen LogP contribution in [0.1, 0.15) is 6.42 Å². The van der Waals surface area contributed by atoms with Crippen LogP contribution in [0, 0.1) is 0 Å². The van der Waals surface area contributed by atoms with Gasteiger partial charge >= 0.3 is 5.97 Å². The minimum atomic E-state index is -1.02. The molecule has 2 heterocycles. The van der Waals surface area contributed by atoms with Crippen molar-refractivity contribution < 1.29 is 24.2 Å². The van der Waals surface area contributed by atoms with Crippen molar-refractivity contribution in [3.8, 4) is 0 Å². The van der Waals surface area contributed by atoms with E-state index in [2.05, 4.69) is 5.32 Å². The Morgan fingerprint density at radius 3 is 2.65 bits per heavy atom. The van der Waals surface area contributed by atoms with Gasteiger partial charge in [0.25, 0.3) is 0 Å². The number of amides is 1. The lowest BCUT2D eigenvalue weighted by Crippen LogP contribution is -2.44. The van der Waals surface area contributed by atoms with E-state index < -0.39 is 17.8 Å². The van der Waals surface area contributed by atoms with Crippen molar-refractivity contribution in [2.75, 3.05) is 33.4 Å². The van der Waals surface area contributed by atoms with Crippen LogP contribution in [0.3, 0.4) is 0 Å². The number of likely N-dealkylation sites (N-methyl/N-ethyl adjacent to an activating group) is 1. The molecule has 96 valence electrons. The van der Waals surface area contributed by atoms with Crippen molar-refractivity contribution in [3.05, 3.63) is 0 Å². The molecule has 2 rings (SSSR count). The number of nitrogens with one attached hydrogen (secondary N) is 1. The number of carboxylic acids is 1. The lowest BCUT2D eigenvalue weighted by Gasteiger charge is -2.22. The highest BCUT2D eigenvalue weighted by molar-refractivity contribution is 5.85. The summed E-state index contributed by atoms with van der Waals surface area (Å²) in [7, 11) is 1.64. The van der Waals surface area contributed by atoms with Gasteiger partial charge in [-0.25, -0.2) is 4.79 Å². The minimum Gasteiger partial charge on any atom is -0.480 e. The van der Waals surface area contributed by atoms with Crippen LogP contribution in [0.2, 0.25) is 0 Å². The van der Waals surface area contributed by atoms with Crippen LogP contribution in [0.5, 0.6) is 0 Å². The predicted octanol–water partition coefficient (Wildman–Crippen LogP) is -1.37. The third kappa shape index (κ3) is 2.26. The molecule has 1 atom stereocenters. The van der Waals surface area contributed by atoms with Gasteiger partial charge < -0.3 is 24.8 Å². The molecular formula is C10H16N2O5. The van der Waals surface area contributed by atoms with Crippen molar-refractivity contribution >= 4 is 11.9 Å². The van der Waals surface area contributed by atoms with Gasteiger partial charge in [0.05, 0.1) is 26.3 Å². The first-order valence-electron chi connectivity index (χ1n) is 5.53. The van der Waals surface area contributed by atoms with Gasteiger partial charge in [0.1, 0.15) is 6.04 Å². The van der Waals surface area contributed by atoms with Crippen LogP contribution in [0.25, 0.3) is 0 Å². The van der Waals surface area contributed by atoms with Crippen molar-refractivity contribution in [1.82, 2.24) is 10.2 Å². The number of nitrogens with zero attached hydrogens (tertiary/aromatic N) is 1. The first-order chi connectivity index (χ1) is 8.08. The molecule has 2 aliphatic heterocycles. The summed E-state index contributed by atoms with van der Waals surface area (Å²) in [4.78, 5) is 24.2. The molecule has 0 bridgehead atoms. The predicted molar refractivity (Wildman–Crippen MR) is 56.3 cm³/mol. The smallest absolute Gasteiger partial charge is 0.326 e. The van der Waals surface area contributed by atoms with Gasteiger partial charge in [-0.15, -0.1) is 0 Å². The van der Waals surface area contributed by atoms with E-state index in [0.717, 1.165) is 0 Å². The first kappa shape index (κ1) is 12.3. The van der Waals surface area contributed by atoms with Gasteiger partial charge in [0.2, 0.25) is 5.91 Å². The second-order valence-electron chi connectivity index (χ2n) is 4.22. The third-order valence-electron chi connectivity index (χ3n) is 3.04. The lowest BCUT2D eigenvalue weighted by atomic mass is 10.1. The van der Waals surface area contributed by atoms with Gasteiger partial charge in [0.15, 0.2) is 5.79 Å². The monoisotopic (exact) mass is 244 g/mol. The van der Waals surface area contributed by atoms with Gasteiger partial charge in [-0.3, -0.25) is 4.79 Å². The minimum absolute atomic E-state index is 0.111. The summed E-state index contributed by atoms with van der Waals surface area (Å²) in [6.45, 7) is 1.19. The van der Waals surface area contributed by atoms with Crippen LogP contribution in [-0.4, -0.2) is 67.1 Å². The quantitative estimate of drug-likeness (QED) is 0.637. The second-order valence-corrected chi connectivity index (χ2v) is 4.22. The number of carbonyl (C=O) groups excluding carboxylic acids is 1. The molecule has 2 fully saturated rings. The number of hydrogen-bond acceptors (Lipinski definition) is 5. The summed E-state index contributed by atoms with van der Waals surface area (Å²) in [5, 5.41) is 11.8. The molecule has 0 radical (unpaired) electrons. The zero-order valence-corrected chi connectivity index (χ0v) is 9.64. The Labute approximate surface area is 98.7 Å². The third-order valence-corrected chi connectivity index (χ3v) is 3.04. The van der Waals surface area contributed by atoms with Crippen LogP contribution < -0.4 is 5.32 Å². The summed E-state index contributed by atoms with van der Waals surface area (Å²) in [5.41, 5.74) is 0. The number of rotatable bonds is 3. The fourth-order valence-corrected chi connectivity index (χ4v) is 2.28. The SMILES string of the molecule is CNCC(=O)N1CC2(CC1C(=O)O)OCCO2. The van der Waals surface area contributed by atoms with E-state index in [1.165, 1.54) is 4.90 Å². The number of aliphatic carboxylic acids is 1. The lowest BCUT2D eigenvalue weighted by molar-refractivity contribution is -0.152. The Bertz CT molecular complexity index is 327. The molecular weight excluding hydrogens is 228 g/mol. The Morgan fingerprint density at radius 1 is 1.47 bits per heavy atom. The second kappa shape index (κ2) is 4.59. The molecule has 17 heavy (non-hydrogen) atoms. The molecule has 0 aromatic carbocycles. The summed E-state index contributed by atoms with van der Waals surface area (Å²) >= 11 is 0. The van der Waals surface area contributed by atoms with Crippen LogP contribution in [0.4, 0.5) is 0 Å². The summed E-state index contributed by atoms with van der Waals surface area (Å²) in [6.07, 6.45) is 0.192. The fourth-order valence-electron chi connectivity index (χ4n) is 2.28. The van der Waals surface area contributed by atoms with Crippen molar-refractivity contribution in [3.63, 3.8) is 0 Å². The van der Waals surface area contributed by atoms with Crippen molar-refractivity contribution in [2.45, 2.75) is 18.2 Å². The highest BCUT2D eigenvalue weighted by Gasteiger charge is 2.52. The standard InChI is InChI=1S/C10H16N2O5/c1-11-5-8(13)12-6-10(16-2-3-17-10)4-7(12)9(14)15/h7,11H,2-6H2,1H3,(H,14,15). The molecule has 0 saturated carbocycles. The largest absolute Gasteiger partial charge is 0.480 e. The van der Waals surface area contributed by atoms with Crippen LogP contribution >= 0.6 is 0 Å². The Morgan fingerprint density at radius 2 is 2.12 bits per heavy atom. The van der Waals surface area contributed by atoms with E-state index in [0.29, 0.717) is 13.2 Å². The Balaban J connectivity index is 2.13. The molecule has 1 spiro atoms. The maximum atomic E-state index is 11.8. The van der Waals surface area contributed by atoms with Crippen molar-refractivity contribution in [2.24, 2.45) is 0 Å². The number of carbonyl (C=O) groups is 2. The van der Waals surface area contributed by atoms with Crippen LogP contribution in [0.15, 0.2) is 0 Å². The molecule has 7 heteroatoms. The topological polar surface area (TPSA) is 88.1 Å². The number of likely N-dealkylation sites (tertiary alicyclic amines) is 1. The summed E-state index contributed by atoms with van der Waals surface area (Å²) in [5.74, 6) is -2.19. The summed E-state index contributed by atoms with van der Waals surface area (Å²) < 4.78 is 10.9. The molecule has 2 saturated heterocycles. The van der Waals surface area contributed by atoms with Crippen molar-refractivity contribution in [1.29, 1.82) is 0 Å². The fraction of sp³-hybridized carbons (Fsp3) is 0.800. The van der Waals surface area contributed by atoms with Gasteiger partial charge in [-0.05, 0) is 7.05 Å². The van der Waals surface area contributed by atoms with Gasteiger partial charge in [0, 0.05) is 6.42 Å². The highest BCUT2D eigenvalue weighted by Crippen LogP contribution is 2.34. The molecule has 0 aromatic heterocycles. The van der Waals surface area contributed by atoms with E-state index >= 15 is 0 Å². The van der Waals surface area contributed by atoms with E-state index in [-0.39, 0.29) is 25.4 Å². The molecule has 0 aromatic rings. The summed E-state index contributed by atoms with van der Waals surface area (Å²) in [6, 6.07) is -0.867. The van der Waals surface area contributed by atoms with E-state index in [9.17, 15) is 9.59 Å². The zero-order chi connectivity index (χ0) is 12.5. The number of hydrogen-bond donors (Lipinski definition) is 2. The van der Waals surface area contributed by atoms with Gasteiger partial charge in [-0.1, -0.05) is 0 Å². The van der Waals surface area contributed by atoms with E-state index in [1.54, 1.807) is 7.05 Å². The molecule has 0 aliphatic carbocycles. The Kier molecular flexibility index (Phi) is 3.32. The maximum absolute atomic E-state index is 11.8. The maximum Gasteiger partial charge on any atom is 0.326 e. The zero-order valence-electron chi connectivity index (χ0n) is 9.64.